The van der Waals surface area contributed by atoms with Crippen molar-refractivity contribution in [2.45, 2.75) is 66.3 Å². The fourth-order valence-corrected chi connectivity index (χ4v) is 6.55. The third kappa shape index (κ3) is 9.17. The van der Waals surface area contributed by atoms with Gasteiger partial charge in [0.1, 0.15) is 11.6 Å². The van der Waals surface area contributed by atoms with E-state index in [-0.39, 0.29) is 52.9 Å². The highest BCUT2D eigenvalue weighted by atomic mass is 19.1. The normalized spacial score (nSPS) is 11.1. The standard InChI is InChI=1S/C22H22F2N2O3.C21H20F2N2O3/c1-3-4-9-25-21(28)11-16-13(2)26(19-12-18(24)20(27)10-17(16)19)22(29)14-5-7-15(23)8-6-14;1-11(2)24-20(27)9-15-12(3)25(18-10-17(23)19(26)8-16(15)18)21(28)13-4-6-14(22)7-5-13/h5-8,10,12,27H,3-4,9,11H2,1-2H3,(H,25,28);4-8,10-11,26H,9H2,1-3H3,(H,24,27). The number of hydrogen-bond acceptors (Lipinski definition) is 6. The minimum Gasteiger partial charge on any atom is -0.505 e. The van der Waals surface area contributed by atoms with Crippen LogP contribution in [0.3, 0.4) is 0 Å². The number of aromatic hydroxyl groups is 2. The van der Waals surface area contributed by atoms with Crippen molar-refractivity contribution in [2.24, 2.45) is 0 Å². The second kappa shape index (κ2) is 17.6. The molecule has 2 amide bonds. The van der Waals surface area contributed by atoms with E-state index in [2.05, 4.69) is 10.6 Å². The molecular formula is C43H42F4N4O6. The van der Waals surface area contributed by atoms with E-state index in [1.165, 1.54) is 57.7 Å². The minimum absolute atomic E-state index is 0.0131. The number of fused-ring (bicyclic) bond motifs is 2. The number of hydrogen-bond donors (Lipinski definition) is 4. The van der Waals surface area contributed by atoms with Crippen LogP contribution in [0.25, 0.3) is 21.8 Å². The van der Waals surface area contributed by atoms with Crippen LogP contribution >= 0.6 is 0 Å². The van der Waals surface area contributed by atoms with Crippen molar-refractivity contribution in [1.82, 2.24) is 19.8 Å². The maximum absolute atomic E-state index is 14.1. The van der Waals surface area contributed by atoms with Gasteiger partial charge in [-0.3, -0.25) is 28.3 Å². The molecule has 0 saturated carbocycles. The molecule has 298 valence electrons. The van der Waals surface area contributed by atoms with E-state index in [0.717, 1.165) is 37.1 Å². The molecule has 2 heterocycles. The van der Waals surface area contributed by atoms with Gasteiger partial charge in [0.15, 0.2) is 23.1 Å². The van der Waals surface area contributed by atoms with E-state index in [0.29, 0.717) is 39.8 Å². The summed E-state index contributed by atoms with van der Waals surface area (Å²) in [6.07, 6.45) is 1.75. The lowest BCUT2D eigenvalue weighted by atomic mass is 10.1. The second-order valence-corrected chi connectivity index (χ2v) is 13.8. The first-order valence-corrected chi connectivity index (χ1v) is 18.2. The molecule has 0 aliphatic rings. The Hall–Kier alpha value is -6.44. The molecule has 6 aromatic rings. The molecule has 57 heavy (non-hydrogen) atoms. The molecule has 0 radical (unpaired) electrons. The number of phenolic OH excluding ortho intramolecular Hbond substituents is 2. The van der Waals surface area contributed by atoms with Gasteiger partial charge in [-0.1, -0.05) is 13.3 Å². The SMILES string of the molecule is CCCCNC(=O)Cc1c(C)n(C(=O)c2ccc(F)cc2)c2cc(F)c(O)cc12.Cc1c(CC(=O)NC(C)C)c2cc(O)c(F)cc2n1C(=O)c1ccc(F)cc1. The number of amides is 2. The number of unbranched alkanes of at least 4 members (excludes halogenated alkanes) is 1. The Balaban J connectivity index is 0.000000218. The summed E-state index contributed by atoms with van der Waals surface area (Å²) in [6, 6.07) is 14.5. The van der Waals surface area contributed by atoms with Crippen LogP contribution in [0.5, 0.6) is 11.5 Å². The Morgan fingerprint density at radius 1 is 0.649 bits per heavy atom. The molecule has 0 saturated heterocycles. The highest BCUT2D eigenvalue weighted by Gasteiger charge is 2.25. The van der Waals surface area contributed by atoms with Crippen molar-refractivity contribution in [3.8, 4) is 11.5 Å². The number of nitrogens with one attached hydrogen (secondary N) is 2. The molecule has 4 aromatic carbocycles. The number of phenols is 2. The number of aromatic nitrogens is 2. The van der Waals surface area contributed by atoms with Gasteiger partial charge >= 0.3 is 0 Å². The molecule has 0 fully saturated rings. The van der Waals surface area contributed by atoms with Gasteiger partial charge in [-0.25, -0.2) is 17.6 Å². The number of halogens is 4. The summed E-state index contributed by atoms with van der Waals surface area (Å²) in [5.41, 5.74) is 2.86. The lowest BCUT2D eigenvalue weighted by Crippen LogP contribution is -2.31. The van der Waals surface area contributed by atoms with Crippen LogP contribution in [0, 0.1) is 37.1 Å². The van der Waals surface area contributed by atoms with Gasteiger partial charge in [-0.2, -0.15) is 0 Å². The molecule has 10 nitrogen and oxygen atoms in total. The van der Waals surface area contributed by atoms with Crippen LogP contribution in [-0.2, 0) is 22.4 Å². The summed E-state index contributed by atoms with van der Waals surface area (Å²) < 4.78 is 57.1. The lowest BCUT2D eigenvalue weighted by molar-refractivity contribution is -0.121. The van der Waals surface area contributed by atoms with E-state index in [1.807, 2.05) is 20.8 Å². The fourth-order valence-electron chi connectivity index (χ4n) is 6.55. The Morgan fingerprint density at radius 3 is 1.44 bits per heavy atom. The monoisotopic (exact) mass is 786 g/mol. The maximum Gasteiger partial charge on any atom is 0.262 e. The minimum atomic E-state index is -0.878. The third-order valence-corrected chi connectivity index (χ3v) is 9.37. The summed E-state index contributed by atoms with van der Waals surface area (Å²) in [5, 5.41) is 26.0. The summed E-state index contributed by atoms with van der Waals surface area (Å²) in [7, 11) is 0. The molecule has 6 rings (SSSR count). The van der Waals surface area contributed by atoms with Crippen LogP contribution in [-0.4, -0.2) is 55.6 Å². The van der Waals surface area contributed by atoms with Crippen LogP contribution < -0.4 is 10.6 Å². The van der Waals surface area contributed by atoms with Crippen molar-refractivity contribution in [3.63, 3.8) is 0 Å². The molecule has 0 atom stereocenters. The molecule has 0 aliphatic carbocycles. The molecule has 2 aromatic heterocycles. The largest absolute Gasteiger partial charge is 0.505 e. The smallest absolute Gasteiger partial charge is 0.262 e. The van der Waals surface area contributed by atoms with E-state index >= 15 is 0 Å². The van der Waals surface area contributed by atoms with E-state index in [9.17, 15) is 47.0 Å². The lowest BCUT2D eigenvalue weighted by Gasteiger charge is -2.09. The van der Waals surface area contributed by atoms with Gasteiger partial charge in [0.2, 0.25) is 11.8 Å². The van der Waals surface area contributed by atoms with E-state index < -0.39 is 46.6 Å². The average Bonchev–Trinajstić information content (AvgIpc) is 3.56. The molecule has 0 unspecified atom stereocenters. The number of nitrogens with zero attached hydrogens (tertiary/aromatic N) is 2. The zero-order chi connectivity index (χ0) is 41.7. The number of rotatable bonds is 10. The van der Waals surface area contributed by atoms with Crippen LogP contribution in [0.2, 0.25) is 0 Å². The van der Waals surface area contributed by atoms with E-state index in [4.69, 9.17) is 0 Å². The zero-order valence-corrected chi connectivity index (χ0v) is 32.0. The molecule has 4 N–H and O–H groups in total. The highest BCUT2D eigenvalue weighted by Crippen LogP contribution is 2.34. The predicted octanol–water partition coefficient (Wildman–Crippen LogP) is 7.77. The first-order valence-electron chi connectivity index (χ1n) is 18.2. The second-order valence-electron chi connectivity index (χ2n) is 13.8. The first-order chi connectivity index (χ1) is 27.0. The summed E-state index contributed by atoms with van der Waals surface area (Å²) in [4.78, 5) is 50.7. The fraction of sp³-hybridized carbons (Fsp3) is 0.256. The van der Waals surface area contributed by atoms with Crippen molar-refractivity contribution in [1.29, 1.82) is 0 Å². The Bertz CT molecular complexity index is 2490. The van der Waals surface area contributed by atoms with Gasteiger partial charge < -0.3 is 20.8 Å². The first kappa shape index (κ1) is 41.7. The summed E-state index contributed by atoms with van der Waals surface area (Å²) in [6.45, 7) is 9.52. The van der Waals surface area contributed by atoms with Gasteiger partial charge in [0.05, 0.1) is 23.9 Å². The van der Waals surface area contributed by atoms with Crippen LogP contribution in [0.4, 0.5) is 17.6 Å². The quantitative estimate of drug-likeness (QED) is 0.0826. The Labute approximate surface area is 325 Å². The van der Waals surface area contributed by atoms with Crippen molar-refractivity contribution < 1.29 is 47.0 Å². The third-order valence-electron chi connectivity index (χ3n) is 9.37. The molecule has 14 heteroatoms. The predicted molar refractivity (Wildman–Crippen MR) is 207 cm³/mol. The topological polar surface area (TPSA) is 143 Å². The number of benzene rings is 4. The molecule has 0 aliphatic heterocycles. The van der Waals surface area contributed by atoms with Gasteiger partial charge in [-0.05, 0) is 106 Å². The summed E-state index contributed by atoms with van der Waals surface area (Å²) in [5.74, 6) is -5.27. The molecule has 0 bridgehead atoms. The average molecular weight is 787 g/mol. The van der Waals surface area contributed by atoms with Crippen molar-refractivity contribution in [3.05, 3.63) is 130 Å². The van der Waals surface area contributed by atoms with Gasteiger partial charge in [-0.15, -0.1) is 0 Å². The maximum atomic E-state index is 14.1. The zero-order valence-electron chi connectivity index (χ0n) is 32.0. The van der Waals surface area contributed by atoms with Gasteiger partial charge in [0.25, 0.3) is 11.8 Å². The van der Waals surface area contributed by atoms with Crippen molar-refractivity contribution >= 4 is 45.4 Å². The summed E-state index contributed by atoms with van der Waals surface area (Å²) >= 11 is 0. The van der Waals surface area contributed by atoms with E-state index in [1.54, 1.807) is 13.8 Å². The molecule has 0 spiro atoms. The van der Waals surface area contributed by atoms with Crippen LogP contribution in [0.1, 0.15) is 76.8 Å². The Morgan fingerprint density at radius 2 is 1.05 bits per heavy atom. The highest BCUT2D eigenvalue weighted by molar-refractivity contribution is 6.06. The Kier molecular flexibility index (Phi) is 12.9. The number of carbonyl (C=O) groups excluding carboxylic acids is 4. The van der Waals surface area contributed by atoms with Crippen LogP contribution in [0.15, 0.2) is 72.8 Å². The molecular weight excluding hydrogens is 744 g/mol. The van der Waals surface area contributed by atoms with Gasteiger partial charge in [0, 0.05) is 58.0 Å². The van der Waals surface area contributed by atoms with Crippen molar-refractivity contribution in [2.75, 3.05) is 6.54 Å². The number of carbonyl (C=O) groups is 4.